The molecule has 3 N–H and O–H groups in total. The van der Waals surface area contributed by atoms with E-state index in [2.05, 4.69) is 16.0 Å². The fourth-order valence-electron chi connectivity index (χ4n) is 3.77. The zero-order chi connectivity index (χ0) is 29.7. The Morgan fingerprint density at radius 2 is 1.43 bits per heavy atom. The summed E-state index contributed by atoms with van der Waals surface area (Å²) in [7, 11) is 0. The number of nitrogens with one attached hydrogen (secondary N) is 3. The quantitative estimate of drug-likeness (QED) is 0.114. The van der Waals surface area contributed by atoms with Gasteiger partial charge >= 0.3 is 5.97 Å². The Morgan fingerprint density at radius 1 is 0.738 bits per heavy atom. The maximum Gasteiger partial charge on any atom is 0.338 e. The van der Waals surface area contributed by atoms with E-state index in [0.29, 0.717) is 22.5 Å². The summed E-state index contributed by atoms with van der Waals surface area (Å²) in [6, 6.07) is 31.4. The van der Waals surface area contributed by atoms with Crippen molar-refractivity contribution >= 4 is 52.9 Å². The molecule has 0 fully saturated rings. The first-order valence-electron chi connectivity index (χ1n) is 13.2. The summed E-state index contributed by atoms with van der Waals surface area (Å²) in [5, 5.41) is 8.36. The van der Waals surface area contributed by atoms with Crippen LogP contribution in [0.5, 0.6) is 0 Å². The molecule has 42 heavy (non-hydrogen) atoms. The summed E-state index contributed by atoms with van der Waals surface area (Å²) in [6.45, 7) is 2.02. The van der Waals surface area contributed by atoms with E-state index in [-0.39, 0.29) is 24.0 Å². The molecular weight excluding hydrogens is 550 g/mol. The molecule has 0 heterocycles. The number of rotatable bonds is 11. The summed E-state index contributed by atoms with van der Waals surface area (Å²) in [5.74, 6) is -1.41. The van der Waals surface area contributed by atoms with Gasteiger partial charge in [0, 0.05) is 21.8 Å². The Morgan fingerprint density at radius 3 is 2.12 bits per heavy atom. The van der Waals surface area contributed by atoms with E-state index >= 15 is 0 Å². The average molecular weight is 580 g/mol. The van der Waals surface area contributed by atoms with Crippen LogP contribution in [0.3, 0.4) is 0 Å². The Bertz CT molecular complexity index is 1570. The maximum atomic E-state index is 13.3. The van der Waals surface area contributed by atoms with E-state index in [9.17, 15) is 19.2 Å². The number of esters is 1. The molecule has 212 valence electrons. The summed E-state index contributed by atoms with van der Waals surface area (Å²) in [5.41, 5.74) is 2.74. The molecular formula is C33H29N3O5S. The first kappa shape index (κ1) is 29.8. The van der Waals surface area contributed by atoms with E-state index in [4.69, 9.17) is 4.74 Å². The number of benzene rings is 4. The highest BCUT2D eigenvalue weighted by Gasteiger charge is 2.15. The van der Waals surface area contributed by atoms with Crippen LogP contribution in [0.15, 0.2) is 120 Å². The molecule has 0 saturated carbocycles. The molecule has 4 rings (SSSR count). The van der Waals surface area contributed by atoms with Crippen LogP contribution in [0.1, 0.15) is 33.2 Å². The number of carbonyl (C=O) groups is 4. The number of amides is 3. The van der Waals surface area contributed by atoms with E-state index in [1.807, 2.05) is 42.5 Å². The second-order valence-electron chi connectivity index (χ2n) is 8.91. The number of anilines is 2. The fraction of sp³-hybridized carbons (Fsp3) is 0.0909. The minimum atomic E-state index is -0.491. The van der Waals surface area contributed by atoms with Crippen LogP contribution in [0.2, 0.25) is 0 Å². The lowest BCUT2D eigenvalue weighted by atomic mass is 10.1. The largest absolute Gasteiger partial charge is 0.462 e. The normalized spacial score (nSPS) is 10.8. The average Bonchev–Trinajstić information content (AvgIpc) is 3.01. The molecule has 0 saturated heterocycles. The van der Waals surface area contributed by atoms with Gasteiger partial charge in [-0.05, 0) is 73.2 Å². The van der Waals surface area contributed by atoms with Crippen molar-refractivity contribution in [2.75, 3.05) is 23.0 Å². The van der Waals surface area contributed by atoms with Crippen molar-refractivity contribution in [2.45, 2.75) is 11.8 Å². The molecule has 0 aliphatic rings. The molecule has 0 aliphatic carbocycles. The van der Waals surface area contributed by atoms with Crippen LogP contribution < -0.4 is 16.0 Å². The predicted octanol–water partition coefficient (Wildman–Crippen LogP) is 6.00. The number of ether oxygens (including phenoxy) is 1. The van der Waals surface area contributed by atoms with Crippen molar-refractivity contribution in [3.63, 3.8) is 0 Å². The van der Waals surface area contributed by atoms with Crippen LogP contribution in [-0.4, -0.2) is 36.1 Å². The fourth-order valence-corrected chi connectivity index (χ4v) is 4.53. The minimum absolute atomic E-state index is 0.0847. The monoisotopic (exact) mass is 579 g/mol. The third kappa shape index (κ3) is 8.94. The van der Waals surface area contributed by atoms with Gasteiger partial charge < -0.3 is 20.7 Å². The van der Waals surface area contributed by atoms with Crippen molar-refractivity contribution in [3.05, 3.63) is 132 Å². The Balaban J connectivity index is 1.38. The number of thioether (sulfide) groups is 1. The van der Waals surface area contributed by atoms with Gasteiger partial charge in [-0.1, -0.05) is 54.6 Å². The molecule has 8 nitrogen and oxygen atoms in total. The predicted molar refractivity (Wildman–Crippen MR) is 165 cm³/mol. The molecule has 0 aromatic heterocycles. The highest BCUT2D eigenvalue weighted by Crippen LogP contribution is 2.23. The van der Waals surface area contributed by atoms with Crippen LogP contribution in [0.25, 0.3) is 6.08 Å². The van der Waals surface area contributed by atoms with Gasteiger partial charge in [-0.3, -0.25) is 14.4 Å². The smallest absolute Gasteiger partial charge is 0.338 e. The molecule has 0 atom stereocenters. The highest BCUT2D eigenvalue weighted by atomic mass is 32.2. The van der Waals surface area contributed by atoms with Crippen LogP contribution in [-0.2, 0) is 14.3 Å². The van der Waals surface area contributed by atoms with Gasteiger partial charge in [-0.25, -0.2) is 4.79 Å². The lowest BCUT2D eigenvalue weighted by molar-refractivity contribution is -0.114. The zero-order valence-corrected chi connectivity index (χ0v) is 23.6. The number of hydrogen-bond donors (Lipinski definition) is 3. The Hall–Kier alpha value is -5.15. The van der Waals surface area contributed by atoms with Gasteiger partial charge in [-0.15, -0.1) is 11.8 Å². The maximum absolute atomic E-state index is 13.3. The second kappa shape index (κ2) is 15.0. The number of carbonyl (C=O) groups excluding carboxylic acids is 4. The van der Waals surface area contributed by atoms with Crippen molar-refractivity contribution < 1.29 is 23.9 Å². The highest BCUT2D eigenvalue weighted by molar-refractivity contribution is 8.00. The topological polar surface area (TPSA) is 114 Å². The molecule has 0 radical (unpaired) electrons. The van der Waals surface area contributed by atoms with Crippen LogP contribution >= 0.6 is 11.8 Å². The van der Waals surface area contributed by atoms with Crippen LogP contribution in [0.4, 0.5) is 11.4 Å². The molecule has 3 amide bonds. The van der Waals surface area contributed by atoms with Gasteiger partial charge in [0.2, 0.25) is 5.91 Å². The SMILES string of the molecule is CCOC(=O)c1ccc(NC(=O)CSc2cccc(NC(=O)/C(=C/c3ccccc3)NC(=O)c3ccccc3)c2)cc1. The molecule has 0 unspecified atom stereocenters. The Labute approximate surface area is 248 Å². The van der Waals surface area contributed by atoms with Crippen LogP contribution in [0, 0.1) is 0 Å². The summed E-state index contributed by atoms with van der Waals surface area (Å²) >= 11 is 1.30. The number of hydrogen-bond acceptors (Lipinski definition) is 6. The Kier molecular flexibility index (Phi) is 10.7. The summed E-state index contributed by atoms with van der Waals surface area (Å²) < 4.78 is 4.97. The lowest BCUT2D eigenvalue weighted by Crippen LogP contribution is -2.30. The van der Waals surface area contributed by atoms with E-state index in [0.717, 1.165) is 10.5 Å². The molecule has 4 aromatic carbocycles. The molecule has 0 bridgehead atoms. The van der Waals surface area contributed by atoms with Gasteiger partial charge in [0.25, 0.3) is 11.8 Å². The third-order valence-electron chi connectivity index (χ3n) is 5.78. The zero-order valence-electron chi connectivity index (χ0n) is 22.8. The molecule has 0 aliphatic heterocycles. The van der Waals surface area contributed by atoms with Crippen molar-refractivity contribution in [1.29, 1.82) is 0 Å². The van der Waals surface area contributed by atoms with E-state index < -0.39 is 17.8 Å². The van der Waals surface area contributed by atoms with Gasteiger partial charge in [0.1, 0.15) is 5.70 Å². The van der Waals surface area contributed by atoms with E-state index in [1.165, 1.54) is 11.8 Å². The summed E-state index contributed by atoms with van der Waals surface area (Å²) in [4.78, 5) is 51.2. The van der Waals surface area contributed by atoms with Gasteiger partial charge in [0.15, 0.2) is 0 Å². The van der Waals surface area contributed by atoms with Crippen molar-refractivity contribution in [1.82, 2.24) is 5.32 Å². The first-order chi connectivity index (χ1) is 20.4. The van der Waals surface area contributed by atoms with Gasteiger partial charge in [-0.2, -0.15) is 0 Å². The first-order valence-corrected chi connectivity index (χ1v) is 14.1. The van der Waals surface area contributed by atoms with E-state index in [1.54, 1.807) is 79.7 Å². The van der Waals surface area contributed by atoms with Gasteiger partial charge in [0.05, 0.1) is 17.9 Å². The summed E-state index contributed by atoms with van der Waals surface area (Å²) in [6.07, 6.45) is 1.61. The molecule has 4 aromatic rings. The van der Waals surface area contributed by atoms with Crippen molar-refractivity contribution in [3.8, 4) is 0 Å². The second-order valence-corrected chi connectivity index (χ2v) is 9.95. The third-order valence-corrected chi connectivity index (χ3v) is 6.77. The molecule has 9 heteroatoms. The standard InChI is InChI=1S/C33H29N3O5S/c1-2-41-33(40)25-16-18-26(19-17-25)34-30(37)22-42-28-15-9-14-27(21-28)35-32(39)29(20-23-10-5-3-6-11-23)36-31(38)24-12-7-4-8-13-24/h3-21H,2,22H2,1H3,(H,34,37)(H,35,39)(H,36,38)/b29-20-. The molecule has 0 spiro atoms. The minimum Gasteiger partial charge on any atom is -0.462 e. The lowest BCUT2D eigenvalue weighted by Gasteiger charge is -2.12. The van der Waals surface area contributed by atoms with Crippen molar-refractivity contribution in [2.24, 2.45) is 0 Å².